The minimum absolute atomic E-state index is 0.0561. The van der Waals surface area contributed by atoms with Crippen molar-refractivity contribution in [2.75, 3.05) is 19.0 Å². The quantitative estimate of drug-likeness (QED) is 0.731. The molecule has 0 bridgehead atoms. The molecular formula is C17H15F2NO6. The Morgan fingerprint density at radius 1 is 1.12 bits per heavy atom. The average molecular weight is 367 g/mol. The van der Waals surface area contributed by atoms with Gasteiger partial charge >= 0.3 is 12.6 Å². The number of halogens is 2. The number of nitrogens with one attached hydrogen (secondary N) is 1. The molecule has 0 atom stereocenters. The van der Waals surface area contributed by atoms with Crippen LogP contribution in [0.15, 0.2) is 42.5 Å². The Hall–Kier alpha value is -3.36. The van der Waals surface area contributed by atoms with Gasteiger partial charge in [0.2, 0.25) is 0 Å². The molecule has 0 spiro atoms. The lowest BCUT2D eigenvalue weighted by Gasteiger charge is -2.09. The Morgan fingerprint density at radius 3 is 2.35 bits per heavy atom. The van der Waals surface area contributed by atoms with Crippen molar-refractivity contribution in [3.05, 3.63) is 48.0 Å². The molecule has 0 aliphatic carbocycles. The first-order valence-electron chi connectivity index (χ1n) is 7.28. The van der Waals surface area contributed by atoms with Crippen molar-refractivity contribution in [3.8, 4) is 17.2 Å². The number of alkyl halides is 2. The standard InChI is InChI=1S/C17H15F2NO6/c1-24-12-6-7-13(14(21)8-12)16(23)25-9-15(22)20-10-2-4-11(5-3-10)26-17(18)19/h2-8,17,21H,9H2,1H3,(H,20,22). The summed E-state index contributed by atoms with van der Waals surface area (Å²) in [5.74, 6) is -1.57. The number of rotatable bonds is 7. The number of anilines is 1. The van der Waals surface area contributed by atoms with Crippen LogP contribution in [0.3, 0.4) is 0 Å². The van der Waals surface area contributed by atoms with Crippen LogP contribution in [0.1, 0.15) is 10.4 Å². The van der Waals surface area contributed by atoms with Gasteiger partial charge in [0.15, 0.2) is 6.61 Å². The predicted octanol–water partition coefficient (Wildman–Crippen LogP) is 2.80. The van der Waals surface area contributed by atoms with Gasteiger partial charge in [-0.15, -0.1) is 0 Å². The first-order chi connectivity index (χ1) is 12.4. The molecule has 0 saturated carbocycles. The number of phenols is 1. The number of ether oxygens (including phenoxy) is 3. The molecule has 0 radical (unpaired) electrons. The Morgan fingerprint density at radius 2 is 1.77 bits per heavy atom. The minimum atomic E-state index is -2.94. The molecule has 2 N–H and O–H groups in total. The van der Waals surface area contributed by atoms with Crippen LogP contribution in [0, 0.1) is 0 Å². The zero-order valence-corrected chi connectivity index (χ0v) is 13.6. The van der Waals surface area contributed by atoms with Crippen LogP contribution in [0.2, 0.25) is 0 Å². The van der Waals surface area contributed by atoms with E-state index in [4.69, 9.17) is 9.47 Å². The summed E-state index contributed by atoms with van der Waals surface area (Å²) in [5.41, 5.74) is 0.187. The summed E-state index contributed by atoms with van der Waals surface area (Å²) in [6, 6.07) is 9.21. The Kier molecular flexibility index (Phi) is 6.31. The third-order valence-corrected chi connectivity index (χ3v) is 3.12. The van der Waals surface area contributed by atoms with E-state index in [1.54, 1.807) is 0 Å². The molecule has 0 unspecified atom stereocenters. The smallest absolute Gasteiger partial charge is 0.387 e. The number of hydrogen-bond donors (Lipinski definition) is 2. The highest BCUT2D eigenvalue weighted by Crippen LogP contribution is 2.24. The first kappa shape index (κ1) is 19.0. The second kappa shape index (κ2) is 8.65. The van der Waals surface area contributed by atoms with E-state index >= 15 is 0 Å². The second-order valence-electron chi connectivity index (χ2n) is 4.91. The highest BCUT2D eigenvalue weighted by Gasteiger charge is 2.15. The van der Waals surface area contributed by atoms with Gasteiger partial charge in [0.25, 0.3) is 5.91 Å². The number of hydrogen-bond acceptors (Lipinski definition) is 6. The van der Waals surface area contributed by atoms with Crippen LogP contribution in [0.5, 0.6) is 17.2 Å². The number of esters is 1. The molecule has 7 nitrogen and oxygen atoms in total. The van der Waals surface area contributed by atoms with Crippen LogP contribution >= 0.6 is 0 Å². The molecular weight excluding hydrogens is 352 g/mol. The number of phenolic OH excluding ortho intramolecular Hbond substituents is 1. The maximum Gasteiger partial charge on any atom is 0.387 e. The molecule has 9 heteroatoms. The zero-order valence-electron chi connectivity index (χ0n) is 13.6. The summed E-state index contributed by atoms with van der Waals surface area (Å²) in [6.07, 6.45) is 0. The maximum absolute atomic E-state index is 12.1. The highest BCUT2D eigenvalue weighted by molar-refractivity contribution is 5.96. The van der Waals surface area contributed by atoms with Crippen molar-refractivity contribution in [1.29, 1.82) is 0 Å². The molecule has 2 aromatic carbocycles. The summed E-state index contributed by atoms with van der Waals surface area (Å²) in [6.45, 7) is -3.54. The molecule has 0 aliphatic rings. The van der Waals surface area contributed by atoms with Gasteiger partial charge in [0, 0.05) is 11.8 Å². The maximum atomic E-state index is 12.1. The van der Waals surface area contributed by atoms with E-state index in [1.165, 1.54) is 49.6 Å². The summed E-state index contributed by atoms with van der Waals surface area (Å²) < 4.78 is 38.0. The normalized spacial score (nSPS) is 10.3. The van der Waals surface area contributed by atoms with Crippen molar-refractivity contribution >= 4 is 17.6 Å². The fourth-order valence-corrected chi connectivity index (χ4v) is 1.94. The fraction of sp³-hybridized carbons (Fsp3) is 0.176. The van der Waals surface area contributed by atoms with Crippen molar-refractivity contribution in [2.24, 2.45) is 0 Å². The van der Waals surface area contributed by atoms with Crippen molar-refractivity contribution in [2.45, 2.75) is 6.61 Å². The Balaban J connectivity index is 1.87. The molecule has 0 heterocycles. The number of aromatic hydroxyl groups is 1. The fourth-order valence-electron chi connectivity index (χ4n) is 1.94. The second-order valence-corrected chi connectivity index (χ2v) is 4.91. The van der Waals surface area contributed by atoms with E-state index in [0.29, 0.717) is 11.4 Å². The molecule has 2 rings (SSSR count). The van der Waals surface area contributed by atoms with E-state index in [0.717, 1.165) is 0 Å². The van der Waals surface area contributed by atoms with E-state index < -0.39 is 25.1 Å². The van der Waals surface area contributed by atoms with Crippen molar-refractivity contribution in [3.63, 3.8) is 0 Å². The SMILES string of the molecule is COc1ccc(C(=O)OCC(=O)Nc2ccc(OC(F)F)cc2)c(O)c1. The van der Waals surface area contributed by atoms with Gasteiger partial charge in [-0.05, 0) is 36.4 Å². The lowest BCUT2D eigenvalue weighted by Crippen LogP contribution is -2.21. The van der Waals surface area contributed by atoms with E-state index in [-0.39, 0.29) is 17.1 Å². The Bertz CT molecular complexity index is 779. The third kappa shape index (κ3) is 5.33. The molecule has 2 aromatic rings. The van der Waals surface area contributed by atoms with Gasteiger partial charge in [0.05, 0.1) is 7.11 Å². The highest BCUT2D eigenvalue weighted by atomic mass is 19.3. The summed E-state index contributed by atoms with van der Waals surface area (Å²) in [7, 11) is 1.41. The van der Waals surface area contributed by atoms with Gasteiger partial charge in [0.1, 0.15) is 22.8 Å². The van der Waals surface area contributed by atoms with Gasteiger partial charge in [-0.25, -0.2) is 4.79 Å². The molecule has 0 aliphatic heterocycles. The number of methoxy groups -OCH3 is 1. The number of carbonyl (C=O) groups excluding carboxylic acids is 2. The van der Waals surface area contributed by atoms with Crippen LogP contribution in [0.25, 0.3) is 0 Å². The van der Waals surface area contributed by atoms with Gasteiger partial charge in [-0.3, -0.25) is 4.79 Å². The largest absolute Gasteiger partial charge is 0.507 e. The molecule has 1 amide bonds. The monoisotopic (exact) mass is 367 g/mol. The predicted molar refractivity (Wildman–Crippen MR) is 86.6 cm³/mol. The number of amides is 1. The molecule has 26 heavy (non-hydrogen) atoms. The zero-order chi connectivity index (χ0) is 19.1. The summed E-state index contributed by atoms with van der Waals surface area (Å²) >= 11 is 0. The molecule has 138 valence electrons. The van der Waals surface area contributed by atoms with Gasteiger partial charge in [-0.2, -0.15) is 8.78 Å². The topological polar surface area (TPSA) is 94.1 Å². The summed E-state index contributed by atoms with van der Waals surface area (Å²) in [5, 5.41) is 12.2. The van der Waals surface area contributed by atoms with Crippen molar-refractivity contribution in [1.82, 2.24) is 0 Å². The van der Waals surface area contributed by atoms with Crippen LogP contribution < -0.4 is 14.8 Å². The van der Waals surface area contributed by atoms with E-state index in [9.17, 15) is 23.5 Å². The lowest BCUT2D eigenvalue weighted by atomic mass is 10.2. The molecule has 0 saturated heterocycles. The molecule has 0 aromatic heterocycles. The van der Waals surface area contributed by atoms with Crippen LogP contribution in [-0.4, -0.2) is 37.3 Å². The number of benzene rings is 2. The van der Waals surface area contributed by atoms with Crippen LogP contribution in [-0.2, 0) is 9.53 Å². The van der Waals surface area contributed by atoms with Crippen molar-refractivity contribution < 1.29 is 37.7 Å². The van der Waals surface area contributed by atoms with Crippen LogP contribution in [0.4, 0.5) is 14.5 Å². The van der Waals surface area contributed by atoms with E-state index in [1.807, 2.05) is 0 Å². The first-order valence-corrected chi connectivity index (χ1v) is 7.28. The van der Waals surface area contributed by atoms with Gasteiger partial charge in [-0.1, -0.05) is 0 Å². The lowest BCUT2D eigenvalue weighted by molar-refractivity contribution is -0.119. The number of carbonyl (C=O) groups is 2. The average Bonchev–Trinajstić information content (AvgIpc) is 2.60. The third-order valence-electron chi connectivity index (χ3n) is 3.12. The Labute approximate surface area is 147 Å². The minimum Gasteiger partial charge on any atom is -0.507 e. The summed E-state index contributed by atoms with van der Waals surface area (Å²) in [4.78, 5) is 23.7. The molecule has 0 fully saturated rings. The van der Waals surface area contributed by atoms with E-state index in [2.05, 4.69) is 10.1 Å². The van der Waals surface area contributed by atoms with Gasteiger partial charge < -0.3 is 24.6 Å².